The van der Waals surface area contributed by atoms with Crippen molar-refractivity contribution in [2.45, 2.75) is 6.92 Å². The number of rotatable bonds is 4. The number of benzene rings is 1. The second kappa shape index (κ2) is 7.40. The van der Waals surface area contributed by atoms with Crippen LogP contribution in [0.2, 0.25) is 0 Å². The van der Waals surface area contributed by atoms with Crippen LogP contribution >= 0.6 is 0 Å². The predicted octanol–water partition coefficient (Wildman–Crippen LogP) is 1.66. The largest absolute Gasteiger partial charge is 0.488 e. The summed E-state index contributed by atoms with van der Waals surface area (Å²) in [6.07, 6.45) is 0. The normalized spacial score (nSPS) is 9.65. The third-order valence-electron chi connectivity index (χ3n) is 2.10. The van der Waals surface area contributed by atoms with Crippen LogP contribution in [0.5, 0.6) is 5.75 Å². The summed E-state index contributed by atoms with van der Waals surface area (Å²) in [5, 5.41) is 8.37. The molecule has 0 fully saturated rings. The zero-order chi connectivity index (χ0) is 15.1. The van der Waals surface area contributed by atoms with Crippen molar-refractivity contribution in [1.82, 2.24) is 0 Å². The van der Waals surface area contributed by atoms with E-state index in [0.29, 0.717) is 6.07 Å². The number of hydrogen-bond donors (Lipinski definition) is 1. The number of hydrogen-bond acceptors (Lipinski definition) is 4. The van der Waals surface area contributed by atoms with Crippen LogP contribution in [0.25, 0.3) is 0 Å². The van der Waals surface area contributed by atoms with Gasteiger partial charge in [0.05, 0.1) is 6.61 Å². The van der Waals surface area contributed by atoms with Gasteiger partial charge in [-0.3, -0.25) is 0 Å². The highest BCUT2D eigenvalue weighted by Gasteiger charge is 2.24. The number of carbonyl (C=O) groups excluding carboxylic acids is 1. The van der Waals surface area contributed by atoms with Gasteiger partial charge in [-0.25, -0.2) is 13.6 Å². The zero-order valence-corrected chi connectivity index (χ0v) is 10.5. The highest BCUT2D eigenvalue weighted by atomic mass is 19.2. The minimum absolute atomic E-state index is 0.103. The molecule has 7 heteroatoms. The SMILES string of the molecule is CCOc1c(F)c(F)cc(C(=O)OCC#CCO)c1F. The molecule has 20 heavy (non-hydrogen) atoms. The maximum atomic E-state index is 13.8. The number of ether oxygens (including phenoxy) is 2. The Balaban J connectivity index is 3.03. The van der Waals surface area contributed by atoms with Crippen LogP contribution in [-0.4, -0.2) is 30.9 Å². The first-order valence-electron chi connectivity index (χ1n) is 5.56. The molecule has 0 radical (unpaired) electrons. The molecule has 0 aliphatic heterocycles. The quantitative estimate of drug-likeness (QED) is 0.520. The second-order valence-corrected chi connectivity index (χ2v) is 3.38. The molecule has 0 saturated heterocycles. The van der Waals surface area contributed by atoms with Crippen LogP contribution in [-0.2, 0) is 4.74 Å². The minimum Gasteiger partial charge on any atom is -0.488 e. The van der Waals surface area contributed by atoms with Crippen LogP contribution in [0.15, 0.2) is 6.07 Å². The molecule has 1 N–H and O–H groups in total. The van der Waals surface area contributed by atoms with E-state index in [0.717, 1.165) is 0 Å². The third kappa shape index (κ3) is 3.65. The summed E-state index contributed by atoms with van der Waals surface area (Å²) in [6.45, 7) is 0.507. The molecule has 0 amide bonds. The van der Waals surface area contributed by atoms with Crippen LogP contribution in [0.4, 0.5) is 13.2 Å². The first-order valence-corrected chi connectivity index (χ1v) is 5.56. The lowest BCUT2D eigenvalue weighted by Crippen LogP contribution is -2.12. The van der Waals surface area contributed by atoms with Crippen molar-refractivity contribution in [1.29, 1.82) is 0 Å². The predicted molar refractivity (Wildman–Crippen MR) is 62.6 cm³/mol. The van der Waals surface area contributed by atoms with Gasteiger partial charge in [-0.2, -0.15) is 4.39 Å². The summed E-state index contributed by atoms with van der Waals surface area (Å²) in [5.74, 6) is -2.01. The van der Waals surface area contributed by atoms with Crippen molar-refractivity contribution in [3.05, 3.63) is 29.1 Å². The Morgan fingerprint density at radius 3 is 2.60 bits per heavy atom. The van der Waals surface area contributed by atoms with Gasteiger partial charge in [0, 0.05) is 0 Å². The highest BCUT2D eigenvalue weighted by Crippen LogP contribution is 2.27. The van der Waals surface area contributed by atoms with E-state index in [-0.39, 0.29) is 6.61 Å². The van der Waals surface area contributed by atoms with E-state index in [9.17, 15) is 18.0 Å². The summed E-state index contributed by atoms with van der Waals surface area (Å²) in [4.78, 5) is 11.5. The van der Waals surface area contributed by atoms with Crippen LogP contribution in [0, 0.1) is 29.3 Å². The van der Waals surface area contributed by atoms with E-state index >= 15 is 0 Å². The molecule has 0 aliphatic rings. The summed E-state index contributed by atoms with van der Waals surface area (Å²) >= 11 is 0. The van der Waals surface area contributed by atoms with E-state index in [4.69, 9.17) is 5.11 Å². The fourth-order valence-corrected chi connectivity index (χ4v) is 1.29. The molecule has 0 saturated carbocycles. The van der Waals surface area contributed by atoms with E-state index < -0.39 is 47.9 Å². The smallest absolute Gasteiger partial charge is 0.342 e. The van der Waals surface area contributed by atoms with Gasteiger partial charge in [0.1, 0.15) is 12.2 Å². The molecule has 0 atom stereocenters. The Morgan fingerprint density at radius 1 is 1.30 bits per heavy atom. The molecule has 1 aromatic carbocycles. The fraction of sp³-hybridized carbons (Fsp3) is 0.308. The van der Waals surface area contributed by atoms with Gasteiger partial charge < -0.3 is 14.6 Å². The summed E-state index contributed by atoms with van der Waals surface area (Å²) in [5.41, 5.74) is -0.793. The van der Waals surface area contributed by atoms with Gasteiger partial charge in [0.2, 0.25) is 5.82 Å². The van der Waals surface area contributed by atoms with Gasteiger partial charge in [0.25, 0.3) is 0 Å². The Morgan fingerprint density at radius 2 is 2.00 bits per heavy atom. The zero-order valence-electron chi connectivity index (χ0n) is 10.5. The van der Waals surface area contributed by atoms with Gasteiger partial charge in [0.15, 0.2) is 24.0 Å². The molecule has 108 valence electrons. The lowest BCUT2D eigenvalue weighted by Gasteiger charge is -2.10. The molecule has 0 spiro atoms. The third-order valence-corrected chi connectivity index (χ3v) is 2.10. The Bertz CT molecular complexity index is 561. The molecular weight excluding hydrogens is 277 g/mol. The fourth-order valence-electron chi connectivity index (χ4n) is 1.29. The Labute approximate surface area is 113 Å². The van der Waals surface area contributed by atoms with Crippen molar-refractivity contribution in [3.8, 4) is 17.6 Å². The van der Waals surface area contributed by atoms with Crippen molar-refractivity contribution in [3.63, 3.8) is 0 Å². The van der Waals surface area contributed by atoms with Crippen LogP contribution in [0.3, 0.4) is 0 Å². The molecule has 0 unspecified atom stereocenters. The monoisotopic (exact) mass is 288 g/mol. The Kier molecular flexibility index (Phi) is 5.87. The highest BCUT2D eigenvalue weighted by molar-refractivity contribution is 5.90. The molecular formula is C13H11F3O4. The van der Waals surface area contributed by atoms with Crippen molar-refractivity contribution < 1.29 is 32.5 Å². The summed E-state index contributed by atoms with van der Waals surface area (Å²) < 4.78 is 49.5. The molecule has 0 aliphatic carbocycles. The maximum absolute atomic E-state index is 13.8. The standard InChI is InChI=1S/C13H11F3O4/c1-2-19-12-10(15)8(7-9(14)11(12)16)13(18)20-6-4-3-5-17/h7,17H,2,5-6H2,1H3. The molecule has 4 nitrogen and oxygen atoms in total. The Hall–Kier alpha value is -2.20. The lowest BCUT2D eigenvalue weighted by atomic mass is 10.2. The minimum atomic E-state index is -1.51. The van der Waals surface area contributed by atoms with Crippen molar-refractivity contribution in [2.24, 2.45) is 0 Å². The molecule has 1 aromatic rings. The van der Waals surface area contributed by atoms with Gasteiger partial charge >= 0.3 is 5.97 Å². The number of carbonyl (C=O) groups is 1. The van der Waals surface area contributed by atoms with E-state index in [2.05, 4.69) is 21.3 Å². The summed E-state index contributed by atoms with van der Waals surface area (Å²) in [7, 11) is 0. The van der Waals surface area contributed by atoms with Gasteiger partial charge in [-0.1, -0.05) is 11.8 Å². The average molecular weight is 288 g/mol. The van der Waals surface area contributed by atoms with E-state index in [1.807, 2.05) is 0 Å². The van der Waals surface area contributed by atoms with E-state index in [1.165, 1.54) is 6.92 Å². The van der Waals surface area contributed by atoms with Crippen LogP contribution < -0.4 is 4.74 Å². The van der Waals surface area contributed by atoms with E-state index in [1.54, 1.807) is 0 Å². The van der Waals surface area contributed by atoms with Gasteiger partial charge in [-0.15, -0.1) is 0 Å². The lowest BCUT2D eigenvalue weighted by molar-refractivity contribution is 0.0549. The number of aliphatic hydroxyl groups is 1. The van der Waals surface area contributed by atoms with Crippen molar-refractivity contribution in [2.75, 3.05) is 19.8 Å². The van der Waals surface area contributed by atoms with Crippen LogP contribution in [0.1, 0.15) is 17.3 Å². The first kappa shape index (κ1) is 15.9. The van der Waals surface area contributed by atoms with Crippen molar-refractivity contribution >= 4 is 5.97 Å². The molecule has 0 aromatic heterocycles. The maximum Gasteiger partial charge on any atom is 0.342 e. The summed E-state index contributed by atoms with van der Waals surface area (Å²) in [6, 6.07) is 0.384. The molecule has 0 bridgehead atoms. The number of esters is 1. The molecule has 1 rings (SSSR count). The number of halogens is 3. The first-order chi connectivity index (χ1) is 9.52. The van der Waals surface area contributed by atoms with Gasteiger partial charge in [-0.05, 0) is 13.0 Å². The average Bonchev–Trinajstić information content (AvgIpc) is 2.43. The number of aliphatic hydroxyl groups excluding tert-OH is 1. The molecule has 0 heterocycles. The second-order valence-electron chi connectivity index (χ2n) is 3.38. The topological polar surface area (TPSA) is 55.8 Å².